The summed E-state index contributed by atoms with van der Waals surface area (Å²) >= 11 is 0. The van der Waals surface area contributed by atoms with Crippen LogP contribution < -0.4 is 11.2 Å². The van der Waals surface area contributed by atoms with Gasteiger partial charge in [-0.15, -0.1) is 0 Å². The van der Waals surface area contributed by atoms with Crippen molar-refractivity contribution < 1.29 is 23.8 Å². The molecule has 0 N–H and O–H groups in total. The van der Waals surface area contributed by atoms with Crippen molar-refractivity contribution >= 4 is 23.1 Å². The molecule has 0 aliphatic carbocycles. The molecule has 0 radical (unpaired) electrons. The number of carbonyl (C=O) groups is 2. The van der Waals surface area contributed by atoms with E-state index < -0.39 is 41.9 Å². The number of imidazole rings is 1. The first-order valence-electron chi connectivity index (χ1n) is 10.7. The molecule has 3 rings (SSSR count). The number of carbonyl (C=O) groups excluding carboxylic acids is 2. The number of hydrogen-bond acceptors (Lipinski definition) is 8. The normalized spacial score (nSPS) is 11.5. The van der Waals surface area contributed by atoms with Gasteiger partial charge in [0.05, 0.1) is 19.5 Å². The van der Waals surface area contributed by atoms with Crippen molar-refractivity contribution in [2.75, 3.05) is 20.3 Å². The minimum atomic E-state index is -0.918. The fourth-order valence-corrected chi connectivity index (χ4v) is 3.33. The van der Waals surface area contributed by atoms with Gasteiger partial charge in [-0.05, 0) is 26.3 Å². The molecular formula is C23H28N4O7. The van der Waals surface area contributed by atoms with Gasteiger partial charge in [-0.1, -0.05) is 30.3 Å². The van der Waals surface area contributed by atoms with Gasteiger partial charge in [0.25, 0.3) is 5.56 Å². The highest BCUT2D eigenvalue weighted by molar-refractivity contribution is 5.77. The second-order valence-corrected chi connectivity index (χ2v) is 8.60. The van der Waals surface area contributed by atoms with Crippen LogP contribution in [0.5, 0.6) is 0 Å². The summed E-state index contributed by atoms with van der Waals surface area (Å²) < 4.78 is 18.8. The number of ether oxygens (including phenoxy) is 3. The third-order valence-electron chi connectivity index (χ3n) is 4.76. The Balaban J connectivity index is 1.96. The molecule has 0 atom stereocenters. The largest absolute Gasteiger partial charge is 0.457 e. The standard InChI is InChI=1S/C23H28N4O7/c1-23(2,3)34-18(29)14-33-17(28)13-27-21(30)19-20(24-15-25(19)10-11-32-4)26(22(27)31)12-16-8-6-5-7-9-16/h5-9,15H,10-14H2,1-4H3. The van der Waals surface area contributed by atoms with E-state index in [9.17, 15) is 19.2 Å². The molecule has 2 aromatic heterocycles. The van der Waals surface area contributed by atoms with E-state index in [-0.39, 0.29) is 17.7 Å². The molecule has 11 heteroatoms. The summed E-state index contributed by atoms with van der Waals surface area (Å²) in [6, 6.07) is 9.19. The van der Waals surface area contributed by atoms with Crippen LogP contribution in [0.2, 0.25) is 0 Å². The zero-order valence-electron chi connectivity index (χ0n) is 19.6. The summed E-state index contributed by atoms with van der Waals surface area (Å²) in [5.41, 5.74) is -0.965. The number of fused-ring (bicyclic) bond motifs is 1. The summed E-state index contributed by atoms with van der Waals surface area (Å²) in [6.45, 7) is 4.55. The van der Waals surface area contributed by atoms with Crippen molar-refractivity contribution in [1.29, 1.82) is 0 Å². The zero-order valence-corrected chi connectivity index (χ0v) is 19.6. The molecule has 0 unspecified atom stereocenters. The number of rotatable bonds is 9. The summed E-state index contributed by atoms with van der Waals surface area (Å²) in [7, 11) is 1.53. The number of hydrogen-bond donors (Lipinski definition) is 0. The lowest BCUT2D eigenvalue weighted by Gasteiger charge is -2.19. The van der Waals surface area contributed by atoms with Crippen molar-refractivity contribution in [3.05, 3.63) is 63.1 Å². The lowest BCUT2D eigenvalue weighted by atomic mass is 10.2. The Morgan fingerprint density at radius 2 is 1.74 bits per heavy atom. The second-order valence-electron chi connectivity index (χ2n) is 8.60. The summed E-state index contributed by atoms with van der Waals surface area (Å²) in [6.07, 6.45) is 1.46. The first kappa shape index (κ1) is 24.9. The first-order chi connectivity index (χ1) is 16.1. The van der Waals surface area contributed by atoms with Crippen molar-refractivity contribution in [3.63, 3.8) is 0 Å². The van der Waals surface area contributed by atoms with Gasteiger partial charge in [0.1, 0.15) is 12.1 Å². The molecule has 2 heterocycles. The molecule has 0 aliphatic heterocycles. The van der Waals surface area contributed by atoms with Crippen LogP contribution in [0.15, 0.2) is 46.2 Å². The molecule has 1 aromatic carbocycles. The average Bonchev–Trinajstić information content (AvgIpc) is 3.20. The molecule has 0 bridgehead atoms. The maximum Gasteiger partial charge on any atom is 0.344 e. The smallest absolute Gasteiger partial charge is 0.344 e. The quantitative estimate of drug-likeness (QED) is 0.422. The minimum Gasteiger partial charge on any atom is -0.457 e. The zero-order chi connectivity index (χ0) is 24.9. The Labute approximate surface area is 195 Å². The molecule has 0 amide bonds. The van der Waals surface area contributed by atoms with Gasteiger partial charge in [0, 0.05) is 13.7 Å². The average molecular weight is 472 g/mol. The predicted octanol–water partition coefficient (Wildman–Crippen LogP) is 0.939. The number of nitrogens with zero attached hydrogens (tertiary/aromatic N) is 4. The van der Waals surface area contributed by atoms with Gasteiger partial charge in [0.15, 0.2) is 17.8 Å². The third kappa shape index (κ3) is 5.98. The van der Waals surface area contributed by atoms with E-state index in [2.05, 4.69) is 4.98 Å². The van der Waals surface area contributed by atoms with Gasteiger partial charge in [-0.3, -0.25) is 14.2 Å². The predicted molar refractivity (Wildman–Crippen MR) is 122 cm³/mol. The van der Waals surface area contributed by atoms with E-state index in [0.717, 1.165) is 10.1 Å². The Bertz CT molecular complexity index is 1280. The maximum atomic E-state index is 13.2. The maximum absolute atomic E-state index is 13.2. The van der Waals surface area contributed by atoms with Crippen LogP contribution in [0.4, 0.5) is 0 Å². The van der Waals surface area contributed by atoms with E-state index in [4.69, 9.17) is 14.2 Å². The molecule has 3 aromatic rings. The second kappa shape index (κ2) is 10.5. The molecule has 11 nitrogen and oxygen atoms in total. The van der Waals surface area contributed by atoms with Crippen LogP contribution in [0, 0.1) is 0 Å². The van der Waals surface area contributed by atoms with Gasteiger partial charge in [-0.25, -0.2) is 19.1 Å². The molecule has 0 saturated heterocycles. The fraction of sp³-hybridized carbons (Fsp3) is 0.435. The molecule has 0 saturated carbocycles. The number of aromatic nitrogens is 4. The van der Waals surface area contributed by atoms with Gasteiger partial charge < -0.3 is 18.8 Å². The molecular weight excluding hydrogens is 444 g/mol. The Morgan fingerprint density at radius 1 is 1.03 bits per heavy atom. The van der Waals surface area contributed by atoms with Crippen molar-refractivity contribution in [2.45, 2.75) is 46.0 Å². The highest BCUT2D eigenvalue weighted by Crippen LogP contribution is 2.10. The molecule has 0 spiro atoms. The van der Waals surface area contributed by atoms with Crippen LogP contribution in [-0.2, 0) is 43.4 Å². The number of benzene rings is 1. The van der Waals surface area contributed by atoms with E-state index >= 15 is 0 Å². The monoisotopic (exact) mass is 472 g/mol. The minimum absolute atomic E-state index is 0.144. The Morgan fingerprint density at radius 3 is 2.38 bits per heavy atom. The van der Waals surface area contributed by atoms with E-state index in [1.807, 2.05) is 30.3 Å². The highest BCUT2D eigenvalue weighted by Gasteiger charge is 2.22. The summed E-state index contributed by atoms with van der Waals surface area (Å²) in [4.78, 5) is 55.0. The lowest BCUT2D eigenvalue weighted by Crippen LogP contribution is -2.43. The van der Waals surface area contributed by atoms with E-state index in [0.29, 0.717) is 13.2 Å². The van der Waals surface area contributed by atoms with E-state index in [1.54, 1.807) is 25.3 Å². The number of methoxy groups -OCH3 is 1. The van der Waals surface area contributed by atoms with Crippen molar-refractivity contribution in [3.8, 4) is 0 Å². The molecule has 182 valence electrons. The summed E-state index contributed by atoms with van der Waals surface area (Å²) in [5.74, 6) is -1.65. The van der Waals surface area contributed by atoms with Crippen molar-refractivity contribution in [2.24, 2.45) is 0 Å². The summed E-state index contributed by atoms with van der Waals surface area (Å²) in [5, 5.41) is 0. The topological polar surface area (TPSA) is 124 Å². The lowest BCUT2D eigenvalue weighted by molar-refractivity contribution is -0.166. The Hall–Kier alpha value is -3.73. The SMILES string of the molecule is COCCn1cnc2c1c(=O)n(CC(=O)OCC(=O)OC(C)(C)C)c(=O)n2Cc1ccccc1. The van der Waals surface area contributed by atoms with Gasteiger partial charge in [0.2, 0.25) is 0 Å². The van der Waals surface area contributed by atoms with Crippen LogP contribution in [0.1, 0.15) is 26.3 Å². The van der Waals surface area contributed by atoms with Gasteiger partial charge >= 0.3 is 17.6 Å². The molecule has 34 heavy (non-hydrogen) atoms. The first-order valence-corrected chi connectivity index (χ1v) is 10.7. The number of esters is 2. The van der Waals surface area contributed by atoms with Crippen molar-refractivity contribution in [1.82, 2.24) is 18.7 Å². The fourth-order valence-electron chi connectivity index (χ4n) is 3.33. The molecule has 0 aliphatic rings. The highest BCUT2D eigenvalue weighted by atomic mass is 16.6. The van der Waals surface area contributed by atoms with Crippen LogP contribution in [-0.4, -0.2) is 56.5 Å². The molecule has 0 fully saturated rings. The third-order valence-corrected chi connectivity index (χ3v) is 4.76. The van der Waals surface area contributed by atoms with Crippen LogP contribution >= 0.6 is 0 Å². The Kier molecular flexibility index (Phi) is 7.67. The van der Waals surface area contributed by atoms with Crippen LogP contribution in [0.25, 0.3) is 11.2 Å². The van der Waals surface area contributed by atoms with Crippen LogP contribution in [0.3, 0.4) is 0 Å². The van der Waals surface area contributed by atoms with Gasteiger partial charge in [-0.2, -0.15) is 0 Å². The van der Waals surface area contributed by atoms with E-state index in [1.165, 1.54) is 18.0 Å².